The average Bonchev–Trinajstić information content (AvgIpc) is 3.06. The molecule has 6 aromatic carbocycles. The van der Waals surface area contributed by atoms with E-state index in [9.17, 15) is 0 Å². The minimum Gasteiger partial charge on any atom is -0.494 e. The highest BCUT2D eigenvalue weighted by atomic mass is 16.5. The van der Waals surface area contributed by atoms with Gasteiger partial charge in [0.05, 0.1) is 36.0 Å². The van der Waals surface area contributed by atoms with Crippen molar-refractivity contribution in [2.75, 3.05) is 13.2 Å². The summed E-state index contributed by atoms with van der Waals surface area (Å²) in [5.74, 6) is 1.65. The van der Waals surface area contributed by atoms with Crippen molar-refractivity contribution >= 4 is 44.3 Å². The molecule has 0 amide bonds. The summed E-state index contributed by atoms with van der Waals surface area (Å²) >= 11 is 0. The Hall–Kier alpha value is -5.36. The highest BCUT2D eigenvalue weighted by molar-refractivity contribution is 6.12. The zero-order valence-corrected chi connectivity index (χ0v) is 23.7. The smallest absolute Gasteiger partial charge is 0.119 e. The fourth-order valence-electron chi connectivity index (χ4n) is 5.41. The number of fused-ring (bicyclic) bond motifs is 2. The molecule has 0 saturated heterocycles. The van der Waals surface area contributed by atoms with E-state index in [-0.39, 0.29) is 0 Å². The maximum Gasteiger partial charge on any atom is 0.119 e. The molecular weight excluding hydrogens is 532 g/mol. The highest BCUT2D eigenvalue weighted by Crippen LogP contribution is 2.46. The van der Waals surface area contributed by atoms with Crippen molar-refractivity contribution in [3.05, 3.63) is 121 Å². The van der Waals surface area contributed by atoms with Gasteiger partial charge in [-0.3, -0.25) is 0 Å². The summed E-state index contributed by atoms with van der Waals surface area (Å²) in [6.45, 7) is 1.32. The van der Waals surface area contributed by atoms with Gasteiger partial charge in [-0.1, -0.05) is 60.7 Å². The average molecular weight is 563 g/mol. The number of rotatable bonds is 0. The molecule has 0 N–H and O–H groups in total. The third-order valence-corrected chi connectivity index (χ3v) is 7.61. The Labute approximate surface area is 250 Å². The van der Waals surface area contributed by atoms with Crippen LogP contribution in [0.3, 0.4) is 0 Å². The van der Waals surface area contributed by atoms with Crippen LogP contribution < -0.4 is 9.47 Å². The molecule has 0 radical (unpaired) electrons. The van der Waals surface area contributed by atoms with E-state index < -0.39 is 0 Å². The molecule has 6 nitrogen and oxygen atoms in total. The number of benzene rings is 6. The number of hydrogen-bond acceptors (Lipinski definition) is 6. The Kier molecular flexibility index (Phi) is 7.56. The first-order valence-corrected chi connectivity index (χ1v) is 14.6. The fourth-order valence-corrected chi connectivity index (χ4v) is 5.41. The molecule has 4 aliphatic rings. The minimum absolute atomic E-state index is 0.661. The van der Waals surface area contributed by atoms with Crippen molar-refractivity contribution in [3.63, 3.8) is 0 Å². The van der Waals surface area contributed by atoms with Crippen LogP contribution in [0.15, 0.2) is 142 Å². The molecule has 0 fully saturated rings. The number of nitrogens with zero attached hydrogens (tertiary/aromatic N) is 4. The van der Waals surface area contributed by atoms with Gasteiger partial charge in [0.1, 0.15) is 11.5 Å². The van der Waals surface area contributed by atoms with Gasteiger partial charge < -0.3 is 9.47 Å². The van der Waals surface area contributed by atoms with Gasteiger partial charge in [-0.05, 0) is 101 Å². The first kappa shape index (κ1) is 26.5. The maximum absolute atomic E-state index is 5.95. The van der Waals surface area contributed by atoms with Crippen molar-refractivity contribution in [2.24, 2.45) is 20.5 Å². The summed E-state index contributed by atoms with van der Waals surface area (Å²) in [7, 11) is 0. The summed E-state index contributed by atoms with van der Waals surface area (Å²) in [6, 6.07) is 40.5. The van der Waals surface area contributed by atoms with Gasteiger partial charge in [0, 0.05) is 11.1 Å². The van der Waals surface area contributed by atoms with E-state index in [0.717, 1.165) is 86.2 Å². The van der Waals surface area contributed by atoms with Crippen LogP contribution in [0.5, 0.6) is 11.5 Å². The van der Waals surface area contributed by atoms with Gasteiger partial charge in [0.15, 0.2) is 0 Å². The van der Waals surface area contributed by atoms with Crippen LogP contribution in [0.1, 0.15) is 19.3 Å². The lowest BCUT2D eigenvalue weighted by Crippen LogP contribution is -2.00. The van der Waals surface area contributed by atoms with Crippen molar-refractivity contribution in [1.29, 1.82) is 0 Å². The molecule has 4 heterocycles. The molecule has 0 saturated carbocycles. The van der Waals surface area contributed by atoms with Crippen molar-refractivity contribution in [2.45, 2.75) is 19.3 Å². The van der Waals surface area contributed by atoms with Crippen LogP contribution in [-0.2, 0) is 0 Å². The summed E-state index contributed by atoms with van der Waals surface area (Å²) in [4.78, 5) is 0. The van der Waals surface area contributed by atoms with Gasteiger partial charge >= 0.3 is 0 Å². The molecule has 6 aromatic rings. The number of ether oxygens (including phenoxy) is 2. The minimum atomic E-state index is 0.661. The molecule has 6 heteroatoms. The zero-order chi connectivity index (χ0) is 28.8. The topological polar surface area (TPSA) is 67.9 Å². The second-order valence-corrected chi connectivity index (χ2v) is 10.5. The molecule has 0 aliphatic carbocycles. The Morgan fingerprint density at radius 3 is 1.30 bits per heavy atom. The summed E-state index contributed by atoms with van der Waals surface area (Å²) in [5, 5.41) is 23.3. The molecule has 0 unspecified atom stereocenters. The molecule has 4 aliphatic heterocycles. The molecule has 0 spiro atoms. The Balaban J connectivity index is 1.42. The third kappa shape index (κ3) is 5.86. The normalized spacial score (nSPS) is 13.8. The molecule has 43 heavy (non-hydrogen) atoms. The molecular formula is C37H30N4O2. The largest absolute Gasteiger partial charge is 0.494 e. The Bertz CT molecular complexity index is 1800. The van der Waals surface area contributed by atoms with E-state index in [1.165, 1.54) is 0 Å². The van der Waals surface area contributed by atoms with E-state index in [1.54, 1.807) is 0 Å². The van der Waals surface area contributed by atoms with Crippen LogP contribution in [0.4, 0.5) is 22.7 Å². The Morgan fingerprint density at radius 2 is 0.837 bits per heavy atom. The maximum atomic E-state index is 5.95. The van der Waals surface area contributed by atoms with Gasteiger partial charge in [0.25, 0.3) is 0 Å². The Morgan fingerprint density at radius 1 is 0.395 bits per heavy atom. The molecule has 10 rings (SSSR count). The summed E-state index contributed by atoms with van der Waals surface area (Å²) < 4.78 is 11.9. The predicted octanol–water partition coefficient (Wildman–Crippen LogP) is 11.4. The molecule has 0 atom stereocenters. The van der Waals surface area contributed by atoms with Crippen LogP contribution in [0, 0.1) is 0 Å². The SMILES string of the molecule is c1ccc2c3c(ccc2c1)N=Nc1ccc(cc1)OCCCCCOc1ccc(cc1)N=Nc1ccc2ccccc2c1-3. The predicted molar refractivity (Wildman–Crippen MR) is 173 cm³/mol. The first-order valence-electron chi connectivity index (χ1n) is 14.6. The van der Waals surface area contributed by atoms with Gasteiger partial charge in [-0.15, -0.1) is 10.2 Å². The first-order chi connectivity index (χ1) is 21.3. The van der Waals surface area contributed by atoms with Gasteiger partial charge in [-0.2, -0.15) is 10.2 Å². The van der Waals surface area contributed by atoms with Crippen molar-refractivity contribution < 1.29 is 9.47 Å². The van der Waals surface area contributed by atoms with E-state index in [2.05, 4.69) is 70.9 Å². The number of hydrogen-bond donors (Lipinski definition) is 0. The zero-order valence-electron chi connectivity index (χ0n) is 23.7. The molecule has 210 valence electrons. The van der Waals surface area contributed by atoms with E-state index in [1.807, 2.05) is 60.7 Å². The van der Waals surface area contributed by atoms with Crippen molar-refractivity contribution in [3.8, 4) is 22.6 Å². The second-order valence-electron chi connectivity index (χ2n) is 10.5. The van der Waals surface area contributed by atoms with Crippen LogP contribution in [0.2, 0.25) is 0 Å². The number of azo groups is 2. The van der Waals surface area contributed by atoms with Crippen LogP contribution >= 0.6 is 0 Å². The summed E-state index contributed by atoms with van der Waals surface area (Å²) in [6.07, 6.45) is 2.95. The standard InChI is InChI=1S/C37H30N4O2/c1-6-24-42-30-18-14-28(15-19-30)38-40-34-22-12-26-8-2-4-10-32(26)36(34)37-33-11-5-3-9-27(33)13-23-35(37)41-39-29-16-20-31(21-17-29)43-25-7-1/h2-5,8-23H,1,6-7,24-25H2. The molecule has 0 aromatic heterocycles. The van der Waals surface area contributed by atoms with Crippen LogP contribution in [0.25, 0.3) is 32.7 Å². The van der Waals surface area contributed by atoms with E-state index in [0.29, 0.717) is 13.2 Å². The lowest BCUT2D eigenvalue weighted by molar-refractivity contribution is 0.279. The third-order valence-electron chi connectivity index (χ3n) is 7.61. The van der Waals surface area contributed by atoms with E-state index >= 15 is 0 Å². The fraction of sp³-hybridized carbons (Fsp3) is 0.135. The van der Waals surface area contributed by atoms with E-state index in [4.69, 9.17) is 19.7 Å². The van der Waals surface area contributed by atoms with Crippen molar-refractivity contribution in [1.82, 2.24) is 0 Å². The van der Waals surface area contributed by atoms with Gasteiger partial charge in [0.2, 0.25) is 0 Å². The lowest BCUT2D eigenvalue weighted by Gasteiger charge is -2.15. The quantitative estimate of drug-likeness (QED) is 0.185. The van der Waals surface area contributed by atoms with Crippen LogP contribution in [-0.4, -0.2) is 13.2 Å². The highest BCUT2D eigenvalue weighted by Gasteiger charge is 2.17. The summed E-state index contributed by atoms with van der Waals surface area (Å²) in [5.41, 5.74) is 4.95. The monoisotopic (exact) mass is 562 g/mol. The lowest BCUT2D eigenvalue weighted by atomic mass is 9.91. The van der Waals surface area contributed by atoms with Gasteiger partial charge in [-0.25, -0.2) is 0 Å². The molecule has 4 bridgehead atoms. The second kappa shape index (κ2) is 12.2.